The minimum atomic E-state index is -0.817. The molecule has 1 N–H and O–H groups in total. The van der Waals surface area contributed by atoms with Crippen molar-refractivity contribution in [2.45, 2.75) is 0 Å². The Morgan fingerprint density at radius 3 is 2.24 bits per heavy atom. The van der Waals surface area contributed by atoms with E-state index >= 15 is 0 Å². The second-order valence-electron chi connectivity index (χ2n) is 3.16. The van der Waals surface area contributed by atoms with E-state index < -0.39 is 5.82 Å². The van der Waals surface area contributed by atoms with Crippen LogP contribution in [0, 0.1) is 33.9 Å². The van der Waals surface area contributed by atoms with Crippen LogP contribution in [0.2, 0.25) is 0 Å². The zero-order chi connectivity index (χ0) is 12.8. The molecule has 1 rings (SSSR count). The van der Waals surface area contributed by atoms with Crippen molar-refractivity contribution in [1.82, 2.24) is 0 Å². The van der Waals surface area contributed by atoms with E-state index in [1.54, 1.807) is 18.2 Å². The standard InChI is InChI=1S/C13H8FN3/c1-9(3-2-4-15)10-5-11(7-16)13(14)12(6-10)8-17/h2-6,15H,1H2/b3-2-,15-4?. The van der Waals surface area contributed by atoms with Crippen molar-refractivity contribution in [3.63, 3.8) is 0 Å². The maximum atomic E-state index is 13.4. The molecule has 0 fully saturated rings. The number of nitrogens with zero attached hydrogens (tertiary/aromatic N) is 2. The second kappa shape index (κ2) is 5.39. The quantitative estimate of drug-likeness (QED) is 0.634. The summed E-state index contributed by atoms with van der Waals surface area (Å²) in [6, 6.07) is 6.02. The van der Waals surface area contributed by atoms with E-state index in [4.69, 9.17) is 15.9 Å². The Morgan fingerprint density at radius 2 is 1.82 bits per heavy atom. The maximum absolute atomic E-state index is 13.4. The third-order valence-corrected chi connectivity index (χ3v) is 2.08. The van der Waals surface area contributed by atoms with Crippen molar-refractivity contribution in [3.8, 4) is 12.1 Å². The molecule has 82 valence electrons. The van der Waals surface area contributed by atoms with Gasteiger partial charge in [-0.1, -0.05) is 12.7 Å². The monoisotopic (exact) mass is 225 g/mol. The number of nitrogens with one attached hydrogen (secondary N) is 1. The van der Waals surface area contributed by atoms with Gasteiger partial charge >= 0.3 is 0 Å². The number of halogens is 1. The first kappa shape index (κ1) is 12.4. The Bertz CT molecular complexity index is 551. The summed E-state index contributed by atoms with van der Waals surface area (Å²) in [5.41, 5.74) is 0.603. The summed E-state index contributed by atoms with van der Waals surface area (Å²) >= 11 is 0. The van der Waals surface area contributed by atoms with Gasteiger partial charge in [-0.05, 0) is 29.3 Å². The van der Waals surface area contributed by atoms with Crippen molar-refractivity contribution in [1.29, 1.82) is 15.9 Å². The molecule has 0 aliphatic rings. The van der Waals surface area contributed by atoms with Crippen molar-refractivity contribution >= 4 is 11.8 Å². The zero-order valence-corrected chi connectivity index (χ0v) is 8.87. The molecule has 0 heterocycles. The minimum Gasteiger partial charge on any atom is -0.309 e. The first-order valence-electron chi connectivity index (χ1n) is 4.64. The first-order chi connectivity index (χ1) is 8.13. The highest BCUT2D eigenvalue weighted by molar-refractivity contribution is 5.79. The smallest absolute Gasteiger partial charge is 0.158 e. The Morgan fingerprint density at radius 1 is 1.29 bits per heavy atom. The molecule has 0 atom stereocenters. The summed E-state index contributed by atoms with van der Waals surface area (Å²) in [5, 5.41) is 24.3. The molecule has 1 aromatic carbocycles. The van der Waals surface area contributed by atoms with Crippen LogP contribution in [0.15, 0.2) is 30.9 Å². The van der Waals surface area contributed by atoms with Crippen LogP contribution in [0.4, 0.5) is 4.39 Å². The van der Waals surface area contributed by atoms with Crippen molar-refractivity contribution < 1.29 is 4.39 Å². The lowest BCUT2D eigenvalue weighted by molar-refractivity contribution is 0.620. The molecule has 0 amide bonds. The van der Waals surface area contributed by atoms with Crippen molar-refractivity contribution in [3.05, 3.63) is 53.4 Å². The highest BCUT2D eigenvalue weighted by atomic mass is 19.1. The molecular formula is C13H8FN3. The van der Waals surface area contributed by atoms with Gasteiger partial charge in [-0.25, -0.2) is 4.39 Å². The van der Waals surface area contributed by atoms with E-state index in [0.717, 1.165) is 6.21 Å². The van der Waals surface area contributed by atoms with Gasteiger partial charge in [-0.3, -0.25) is 0 Å². The Hall–Kier alpha value is -2.72. The lowest BCUT2D eigenvalue weighted by Crippen LogP contribution is -1.93. The van der Waals surface area contributed by atoms with Gasteiger partial charge in [0.15, 0.2) is 5.82 Å². The molecule has 17 heavy (non-hydrogen) atoms. The summed E-state index contributed by atoms with van der Waals surface area (Å²) < 4.78 is 13.4. The first-order valence-corrected chi connectivity index (χ1v) is 4.64. The number of hydrogen-bond acceptors (Lipinski definition) is 3. The second-order valence-corrected chi connectivity index (χ2v) is 3.16. The molecule has 0 spiro atoms. The molecule has 0 saturated heterocycles. The van der Waals surface area contributed by atoms with Gasteiger partial charge in [-0.15, -0.1) is 0 Å². The van der Waals surface area contributed by atoms with Crippen molar-refractivity contribution in [2.75, 3.05) is 0 Å². The minimum absolute atomic E-state index is 0.191. The number of benzene rings is 1. The average molecular weight is 225 g/mol. The molecule has 0 aliphatic heterocycles. The van der Waals surface area contributed by atoms with E-state index in [2.05, 4.69) is 6.58 Å². The lowest BCUT2D eigenvalue weighted by Gasteiger charge is -2.03. The molecule has 0 radical (unpaired) electrons. The van der Waals surface area contributed by atoms with Crippen LogP contribution in [0.5, 0.6) is 0 Å². The fourth-order valence-corrected chi connectivity index (χ4v) is 1.23. The lowest BCUT2D eigenvalue weighted by atomic mass is 10.0. The predicted octanol–water partition coefficient (Wildman–Crippen LogP) is 2.79. The number of hydrogen-bond donors (Lipinski definition) is 1. The number of rotatable bonds is 3. The summed E-state index contributed by atoms with van der Waals surface area (Å²) in [7, 11) is 0. The largest absolute Gasteiger partial charge is 0.309 e. The third-order valence-electron chi connectivity index (χ3n) is 2.08. The van der Waals surface area contributed by atoms with Crippen LogP contribution >= 0.6 is 0 Å². The Kier molecular flexibility index (Phi) is 3.91. The molecule has 1 aromatic rings. The van der Waals surface area contributed by atoms with Gasteiger partial charge in [0.2, 0.25) is 0 Å². The summed E-state index contributed by atoms with van der Waals surface area (Å²) in [5.74, 6) is -0.817. The van der Waals surface area contributed by atoms with Crippen LogP contribution in [0.1, 0.15) is 16.7 Å². The van der Waals surface area contributed by atoms with Gasteiger partial charge in [0, 0.05) is 6.21 Å². The van der Waals surface area contributed by atoms with E-state index in [1.807, 2.05) is 0 Å². The normalized spacial score (nSPS) is 9.59. The molecule has 0 aromatic heterocycles. The highest BCUT2D eigenvalue weighted by Crippen LogP contribution is 2.20. The summed E-state index contributed by atoms with van der Waals surface area (Å²) in [6.07, 6.45) is 4.07. The van der Waals surface area contributed by atoms with Crippen LogP contribution in [0.3, 0.4) is 0 Å². The van der Waals surface area contributed by atoms with Gasteiger partial charge in [0.05, 0.1) is 11.1 Å². The van der Waals surface area contributed by atoms with Gasteiger partial charge < -0.3 is 5.41 Å². The van der Waals surface area contributed by atoms with Crippen LogP contribution in [0.25, 0.3) is 5.57 Å². The van der Waals surface area contributed by atoms with Gasteiger partial charge in [0.1, 0.15) is 12.1 Å². The predicted molar refractivity (Wildman–Crippen MR) is 62.8 cm³/mol. The number of nitriles is 2. The van der Waals surface area contributed by atoms with E-state index in [1.165, 1.54) is 18.2 Å². The van der Waals surface area contributed by atoms with Crippen molar-refractivity contribution in [2.24, 2.45) is 0 Å². The topological polar surface area (TPSA) is 71.4 Å². The van der Waals surface area contributed by atoms with Crippen LogP contribution < -0.4 is 0 Å². The van der Waals surface area contributed by atoms with Gasteiger partial charge in [-0.2, -0.15) is 10.5 Å². The Balaban J connectivity index is 3.34. The van der Waals surface area contributed by atoms with E-state index in [-0.39, 0.29) is 11.1 Å². The zero-order valence-electron chi connectivity index (χ0n) is 8.87. The molecule has 0 bridgehead atoms. The fraction of sp³-hybridized carbons (Fsp3) is 0. The molecule has 4 heteroatoms. The average Bonchev–Trinajstić information content (AvgIpc) is 2.36. The van der Waals surface area contributed by atoms with Crippen LogP contribution in [-0.4, -0.2) is 6.21 Å². The molecule has 0 unspecified atom stereocenters. The molecule has 0 aliphatic carbocycles. The highest BCUT2D eigenvalue weighted by Gasteiger charge is 2.10. The maximum Gasteiger partial charge on any atom is 0.158 e. The summed E-state index contributed by atoms with van der Waals surface area (Å²) in [6.45, 7) is 3.71. The van der Waals surface area contributed by atoms with E-state index in [0.29, 0.717) is 11.1 Å². The van der Waals surface area contributed by atoms with Crippen LogP contribution in [-0.2, 0) is 0 Å². The fourth-order valence-electron chi connectivity index (χ4n) is 1.23. The number of allylic oxidation sites excluding steroid dienone is 3. The SMILES string of the molecule is C=C(/C=C\C=N)c1cc(C#N)c(F)c(C#N)c1. The molecule has 0 saturated carbocycles. The molecular weight excluding hydrogens is 217 g/mol. The third kappa shape index (κ3) is 2.64. The summed E-state index contributed by atoms with van der Waals surface area (Å²) in [4.78, 5) is 0. The molecule has 3 nitrogen and oxygen atoms in total. The van der Waals surface area contributed by atoms with Gasteiger partial charge in [0.25, 0.3) is 0 Å². The van der Waals surface area contributed by atoms with E-state index in [9.17, 15) is 4.39 Å². The Labute approximate surface area is 98.2 Å².